The Balaban J connectivity index is 2.26. The van der Waals surface area contributed by atoms with E-state index in [4.69, 9.17) is 0 Å². The highest BCUT2D eigenvalue weighted by Gasteiger charge is 2.20. The number of hydrogen-bond donors (Lipinski definition) is 1. The van der Waals surface area contributed by atoms with Crippen molar-refractivity contribution in [1.29, 1.82) is 0 Å². The molecule has 1 atom stereocenters. The minimum absolute atomic E-state index is 0.212. The maximum absolute atomic E-state index is 12.2. The van der Waals surface area contributed by atoms with E-state index in [0.29, 0.717) is 12.0 Å². The molecule has 0 aliphatic heterocycles. The lowest BCUT2D eigenvalue weighted by molar-refractivity contribution is 0.0934. The van der Waals surface area contributed by atoms with Gasteiger partial charge in [0.05, 0.1) is 10.9 Å². The Hall–Kier alpha value is -2.15. The molecule has 2 rings (SSSR count). The first kappa shape index (κ1) is 16.2. The lowest BCUT2D eigenvalue weighted by Gasteiger charge is -2.18. The van der Waals surface area contributed by atoms with Crippen LogP contribution in [0.25, 0.3) is 0 Å². The molecule has 0 bridgehead atoms. The van der Waals surface area contributed by atoms with Crippen LogP contribution in [0.15, 0.2) is 41.7 Å². The largest absolute Gasteiger partial charge is 0.351 e. The summed E-state index contributed by atoms with van der Waals surface area (Å²) in [6.07, 6.45) is 6.49. The molecule has 0 aliphatic rings. The van der Waals surface area contributed by atoms with Crippen molar-refractivity contribution in [2.24, 2.45) is 7.05 Å². The van der Waals surface area contributed by atoms with Crippen molar-refractivity contribution in [2.45, 2.75) is 24.3 Å². The Labute approximate surface area is 130 Å². The van der Waals surface area contributed by atoms with Crippen LogP contribution in [-0.2, 0) is 16.9 Å². The summed E-state index contributed by atoms with van der Waals surface area (Å²) < 4.78 is 25.0. The monoisotopic (exact) mass is 321 g/mol. The Morgan fingerprint density at radius 2 is 2.00 bits per heavy atom. The highest BCUT2D eigenvalue weighted by molar-refractivity contribution is 7.90. The SMILES string of the molecule is CC[C@@H](NC(=O)c1ccncc1)c1cc(S(C)(=O)=O)cn1C. The van der Waals surface area contributed by atoms with Crippen molar-refractivity contribution < 1.29 is 13.2 Å². The summed E-state index contributed by atoms with van der Waals surface area (Å²) in [7, 11) is -1.50. The van der Waals surface area contributed by atoms with E-state index in [0.717, 1.165) is 5.69 Å². The van der Waals surface area contributed by atoms with Gasteiger partial charge in [-0.2, -0.15) is 0 Å². The number of nitrogens with zero attached hydrogens (tertiary/aromatic N) is 2. The molecule has 6 nitrogen and oxygen atoms in total. The number of carbonyl (C=O) groups is 1. The fraction of sp³-hybridized carbons (Fsp3) is 0.333. The van der Waals surface area contributed by atoms with E-state index in [2.05, 4.69) is 10.3 Å². The highest BCUT2D eigenvalue weighted by atomic mass is 32.2. The summed E-state index contributed by atoms with van der Waals surface area (Å²) in [5, 5.41) is 2.92. The Kier molecular flexibility index (Phi) is 4.65. The summed E-state index contributed by atoms with van der Waals surface area (Å²) in [5.74, 6) is -0.212. The molecule has 0 saturated heterocycles. The van der Waals surface area contributed by atoms with Gasteiger partial charge >= 0.3 is 0 Å². The van der Waals surface area contributed by atoms with E-state index in [-0.39, 0.29) is 16.8 Å². The molecule has 0 saturated carbocycles. The van der Waals surface area contributed by atoms with Crippen molar-refractivity contribution in [3.63, 3.8) is 0 Å². The van der Waals surface area contributed by atoms with Crippen molar-refractivity contribution in [2.75, 3.05) is 6.26 Å². The second-order valence-electron chi connectivity index (χ2n) is 5.15. The molecule has 0 spiro atoms. The quantitative estimate of drug-likeness (QED) is 0.909. The van der Waals surface area contributed by atoms with Gasteiger partial charge in [-0.3, -0.25) is 9.78 Å². The first-order chi connectivity index (χ1) is 10.3. The molecule has 118 valence electrons. The molecular formula is C15H19N3O3S. The van der Waals surface area contributed by atoms with Crippen LogP contribution in [0, 0.1) is 0 Å². The minimum atomic E-state index is -3.27. The number of amides is 1. The fourth-order valence-electron chi connectivity index (χ4n) is 2.23. The van der Waals surface area contributed by atoms with Crippen molar-refractivity contribution in [3.8, 4) is 0 Å². The van der Waals surface area contributed by atoms with E-state index in [1.54, 1.807) is 48.4 Å². The molecule has 2 heterocycles. The van der Waals surface area contributed by atoms with E-state index in [1.165, 1.54) is 6.26 Å². The van der Waals surface area contributed by atoms with Crippen molar-refractivity contribution in [3.05, 3.63) is 48.0 Å². The first-order valence-electron chi connectivity index (χ1n) is 6.90. The number of carbonyl (C=O) groups excluding carboxylic acids is 1. The molecule has 0 aromatic carbocycles. The molecule has 1 N–H and O–H groups in total. The number of hydrogen-bond acceptors (Lipinski definition) is 4. The summed E-state index contributed by atoms with van der Waals surface area (Å²) in [6.45, 7) is 1.94. The summed E-state index contributed by atoms with van der Waals surface area (Å²) in [4.78, 5) is 16.4. The van der Waals surface area contributed by atoms with E-state index in [9.17, 15) is 13.2 Å². The van der Waals surface area contributed by atoms with Gasteiger partial charge in [0, 0.05) is 43.2 Å². The van der Waals surface area contributed by atoms with Gasteiger partial charge in [-0.15, -0.1) is 0 Å². The lowest BCUT2D eigenvalue weighted by Crippen LogP contribution is -2.29. The minimum Gasteiger partial charge on any atom is -0.351 e. The number of aryl methyl sites for hydroxylation is 1. The number of sulfone groups is 1. The van der Waals surface area contributed by atoms with Gasteiger partial charge in [0.25, 0.3) is 5.91 Å². The predicted octanol–water partition coefficient (Wildman–Crippen LogP) is 1.70. The molecule has 0 radical (unpaired) electrons. The van der Waals surface area contributed by atoms with E-state index >= 15 is 0 Å². The van der Waals surface area contributed by atoms with Gasteiger partial charge in [-0.25, -0.2) is 8.42 Å². The Morgan fingerprint density at radius 3 is 2.50 bits per heavy atom. The number of nitrogens with one attached hydrogen (secondary N) is 1. The van der Waals surface area contributed by atoms with Gasteiger partial charge in [0.2, 0.25) is 0 Å². The van der Waals surface area contributed by atoms with Crippen LogP contribution in [0.5, 0.6) is 0 Å². The lowest BCUT2D eigenvalue weighted by atomic mass is 10.1. The van der Waals surface area contributed by atoms with Crippen LogP contribution >= 0.6 is 0 Å². The van der Waals surface area contributed by atoms with Crippen LogP contribution in [0.3, 0.4) is 0 Å². The first-order valence-corrected chi connectivity index (χ1v) is 8.79. The third-order valence-electron chi connectivity index (χ3n) is 3.46. The van der Waals surface area contributed by atoms with Gasteiger partial charge in [0.15, 0.2) is 9.84 Å². The zero-order chi connectivity index (χ0) is 16.3. The van der Waals surface area contributed by atoms with Gasteiger partial charge in [-0.1, -0.05) is 6.92 Å². The molecule has 0 fully saturated rings. The zero-order valence-corrected chi connectivity index (χ0v) is 13.6. The third-order valence-corrected chi connectivity index (χ3v) is 4.54. The average Bonchev–Trinajstić information content (AvgIpc) is 2.87. The second kappa shape index (κ2) is 6.31. The van der Waals surface area contributed by atoms with Gasteiger partial charge in [-0.05, 0) is 24.6 Å². The molecule has 2 aromatic rings. The van der Waals surface area contributed by atoms with Crippen LogP contribution in [0.2, 0.25) is 0 Å². The topological polar surface area (TPSA) is 81.1 Å². The normalized spacial score (nSPS) is 12.9. The van der Waals surface area contributed by atoms with Gasteiger partial charge < -0.3 is 9.88 Å². The molecule has 0 aliphatic carbocycles. The van der Waals surface area contributed by atoms with Crippen LogP contribution < -0.4 is 5.32 Å². The molecule has 22 heavy (non-hydrogen) atoms. The number of aromatic nitrogens is 2. The molecule has 2 aromatic heterocycles. The maximum Gasteiger partial charge on any atom is 0.251 e. The molecule has 1 amide bonds. The van der Waals surface area contributed by atoms with Crippen LogP contribution in [-0.4, -0.2) is 30.1 Å². The van der Waals surface area contributed by atoms with Crippen LogP contribution in [0.4, 0.5) is 0 Å². The van der Waals surface area contributed by atoms with Crippen molar-refractivity contribution >= 4 is 15.7 Å². The smallest absolute Gasteiger partial charge is 0.251 e. The molecular weight excluding hydrogens is 302 g/mol. The van der Waals surface area contributed by atoms with E-state index in [1.807, 2.05) is 6.92 Å². The summed E-state index contributed by atoms with van der Waals surface area (Å²) in [5.41, 5.74) is 1.27. The van der Waals surface area contributed by atoms with E-state index < -0.39 is 9.84 Å². The Bertz CT molecular complexity index is 767. The van der Waals surface area contributed by atoms with Gasteiger partial charge in [0.1, 0.15) is 0 Å². The number of pyridine rings is 1. The van der Waals surface area contributed by atoms with Crippen molar-refractivity contribution in [1.82, 2.24) is 14.9 Å². The highest BCUT2D eigenvalue weighted by Crippen LogP contribution is 2.22. The number of rotatable bonds is 5. The Morgan fingerprint density at radius 1 is 1.36 bits per heavy atom. The van der Waals surface area contributed by atoms with Crippen LogP contribution in [0.1, 0.15) is 35.4 Å². The molecule has 7 heteroatoms. The summed E-state index contributed by atoms with van der Waals surface area (Å²) >= 11 is 0. The summed E-state index contributed by atoms with van der Waals surface area (Å²) in [6, 6.07) is 4.61. The third kappa shape index (κ3) is 3.54. The predicted molar refractivity (Wildman–Crippen MR) is 83.3 cm³/mol. The average molecular weight is 321 g/mol. The fourth-order valence-corrected chi connectivity index (χ4v) is 2.91. The second-order valence-corrected chi connectivity index (χ2v) is 7.17. The standard InChI is InChI=1S/C15H19N3O3S/c1-4-13(17-15(19)11-5-7-16-8-6-11)14-9-12(10-18(14)2)22(3,20)21/h5-10,13H,4H2,1-3H3,(H,17,19)/t13-/m1/s1. The zero-order valence-electron chi connectivity index (χ0n) is 12.8. The molecule has 0 unspecified atom stereocenters. The maximum atomic E-state index is 12.2.